The van der Waals surface area contributed by atoms with Gasteiger partial charge in [0.2, 0.25) is 0 Å². The molecule has 3 rings (SSSR count). The molecule has 0 aromatic heterocycles. The van der Waals surface area contributed by atoms with E-state index in [2.05, 4.69) is 21.2 Å². The number of halogens is 4. The molecule has 3 aromatic carbocycles. The average Bonchev–Trinajstić information content (AvgIpc) is 2.73. The normalized spacial score (nSPS) is 10.6. The summed E-state index contributed by atoms with van der Waals surface area (Å²) in [7, 11) is 1.55. The van der Waals surface area contributed by atoms with Crippen LogP contribution in [0.4, 0.5) is 5.69 Å². The average molecular weight is 546 g/mol. The molecule has 0 heterocycles. The molecule has 0 saturated carbocycles. The number of methoxy groups -OCH3 is 1. The summed E-state index contributed by atoms with van der Waals surface area (Å²) in [5.41, 5.74) is 2.23. The Morgan fingerprint density at radius 1 is 1.03 bits per heavy atom. The molecule has 0 atom stereocenters. The van der Waals surface area contributed by atoms with Gasteiger partial charge in [-0.15, -0.1) is 0 Å². The summed E-state index contributed by atoms with van der Waals surface area (Å²) in [6, 6.07) is 13.6. The van der Waals surface area contributed by atoms with Gasteiger partial charge < -0.3 is 19.9 Å². The van der Waals surface area contributed by atoms with E-state index in [-0.39, 0.29) is 17.2 Å². The first-order chi connectivity index (χ1) is 14.8. The van der Waals surface area contributed by atoms with E-state index in [0.717, 1.165) is 10.0 Å². The Morgan fingerprint density at radius 3 is 2.39 bits per heavy atom. The lowest BCUT2D eigenvalue weighted by atomic mass is 10.1. The first-order valence-electron chi connectivity index (χ1n) is 8.99. The number of carboxylic acid groups (broad SMARTS) is 1. The molecule has 9 heteroatoms. The molecule has 0 fully saturated rings. The summed E-state index contributed by atoms with van der Waals surface area (Å²) in [6.07, 6.45) is 0. The van der Waals surface area contributed by atoms with Crippen LogP contribution in [0.2, 0.25) is 15.1 Å². The second-order valence-electron chi connectivity index (χ2n) is 6.44. The van der Waals surface area contributed by atoms with Crippen molar-refractivity contribution in [1.82, 2.24) is 0 Å². The highest BCUT2D eigenvalue weighted by atomic mass is 79.9. The van der Waals surface area contributed by atoms with Gasteiger partial charge in [0.15, 0.2) is 11.5 Å². The molecule has 0 spiro atoms. The van der Waals surface area contributed by atoms with Crippen LogP contribution < -0.4 is 14.8 Å². The van der Waals surface area contributed by atoms with E-state index in [4.69, 9.17) is 44.3 Å². The third-order valence-corrected chi connectivity index (χ3v) is 6.22. The third kappa shape index (κ3) is 5.77. The lowest BCUT2D eigenvalue weighted by Crippen LogP contribution is -2.05. The molecule has 0 unspecified atom stereocenters. The molecule has 0 radical (unpaired) electrons. The number of ether oxygens (including phenoxy) is 2. The van der Waals surface area contributed by atoms with Crippen LogP contribution in [0, 0.1) is 0 Å². The van der Waals surface area contributed by atoms with Gasteiger partial charge in [0.25, 0.3) is 0 Å². The van der Waals surface area contributed by atoms with E-state index in [9.17, 15) is 9.90 Å². The molecule has 5 nitrogen and oxygen atoms in total. The number of nitrogens with one attached hydrogen (secondary N) is 1. The fraction of sp³-hybridized carbons (Fsp3) is 0.136. The van der Waals surface area contributed by atoms with Crippen molar-refractivity contribution in [1.29, 1.82) is 0 Å². The minimum atomic E-state index is -1.09. The Balaban J connectivity index is 1.76. The van der Waals surface area contributed by atoms with Crippen LogP contribution in [0.3, 0.4) is 0 Å². The third-order valence-electron chi connectivity index (χ3n) is 4.45. The highest BCUT2D eigenvalue weighted by Gasteiger charge is 2.14. The maximum absolute atomic E-state index is 11.3. The Hall–Kier alpha value is -2.12. The van der Waals surface area contributed by atoms with E-state index in [1.165, 1.54) is 6.07 Å². The predicted molar refractivity (Wildman–Crippen MR) is 127 cm³/mol. The summed E-state index contributed by atoms with van der Waals surface area (Å²) >= 11 is 21.9. The van der Waals surface area contributed by atoms with Crippen molar-refractivity contribution in [2.45, 2.75) is 13.2 Å². The molecule has 3 aromatic rings. The molecule has 0 aliphatic carbocycles. The van der Waals surface area contributed by atoms with E-state index in [0.29, 0.717) is 39.3 Å². The zero-order valence-electron chi connectivity index (χ0n) is 16.2. The quantitative estimate of drug-likeness (QED) is 0.311. The monoisotopic (exact) mass is 543 g/mol. The number of anilines is 1. The summed E-state index contributed by atoms with van der Waals surface area (Å²) in [5.74, 6) is -0.0316. The lowest BCUT2D eigenvalue weighted by molar-refractivity contribution is 0.0697. The van der Waals surface area contributed by atoms with Crippen molar-refractivity contribution in [2.75, 3.05) is 12.4 Å². The number of rotatable bonds is 8. The SMILES string of the molecule is COc1cc(CNc2ccc(Cl)c(C(=O)O)c2)c(Br)cc1OCc1c(Cl)cccc1Cl. The van der Waals surface area contributed by atoms with Gasteiger partial charge in [-0.25, -0.2) is 4.79 Å². The number of hydrogen-bond acceptors (Lipinski definition) is 4. The van der Waals surface area contributed by atoms with E-state index in [1.807, 2.05) is 6.07 Å². The van der Waals surface area contributed by atoms with E-state index < -0.39 is 5.97 Å². The first kappa shape index (κ1) is 23.5. The fourth-order valence-electron chi connectivity index (χ4n) is 2.80. The van der Waals surface area contributed by atoms with Gasteiger partial charge in [-0.2, -0.15) is 0 Å². The molecule has 31 heavy (non-hydrogen) atoms. The Morgan fingerprint density at radius 2 is 1.74 bits per heavy atom. The predicted octanol–water partition coefficient (Wildman–Crippen LogP) is 7.31. The summed E-state index contributed by atoms with van der Waals surface area (Å²) in [6.45, 7) is 0.593. The zero-order chi connectivity index (χ0) is 22.5. The summed E-state index contributed by atoms with van der Waals surface area (Å²) in [4.78, 5) is 11.3. The first-order valence-corrected chi connectivity index (χ1v) is 10.9. The minimum absolute atomic E-state index is 0.0327. The van der Waals surface area contributed by atoms with Crippen LogP contribution in [0.1, 0.15) is 21.5 Å². The number of carbonyl (C=O) groups is 1. The van der Waals surface area contributed by atoms with Crippen LogP contribution in [0.15, 0.2) is 53.0 Å². The number of carboxylic acids is 1. The second-order valence-corrected chi connectivity index (χ2v) is 8.51. The Bertz CT molecular complexity index is 1100. The lowest BCUT2D eigenvalue weighted by Gasteiger charge is -2.16. The molecular weight excluding hydrogens is 529 g/mol. The molecule has 0 saturated heterocycles. The molecule has 0 aliphatic heterocycles. The van der Waals surface area contributed by atoms with Crippen molar-refractivity contribution < 1.29 is 19.4 Å². The van der Waals surface area contributed by atoms with E-state index >= 15 is 0 Å². The van der Waals surface area contributed by atoms with E-state index in [1.54, 1.807) is 43.5 Å². The van der Waals surface area contributed by atoms with Crippen molar-refractivity contribution in [3.8, 4) is 11.5 Å². The maximum atomic E-state index is 11.3. The molecule has 0 aliphatic rings. The van der Waals surface area contributed by atoms with Gasteiger partial charge in [0.05, 0.1) is 17.7 Å². The van der Waals surface area contributed by atoms with Crippen LogP contribution >= 0.6 is 50.7 Å². The molecular formula is C22H17BrCl3NO4. The van der Waals surface area contributed by atoms with Gasteiger partial charge in [-0.1, -0.05) is 56.8 Å². The van der Waals surface area contributed by atoms with Gasteiger partial charge in [0.1, 0.15) is 6.61 Å². The number of benzene rings is 3. The van der Waals surface area contributed by atoms with Crippen molar-refractivity contribution >= 4 is 62.4 Å². The van der Waals surface area contributed by atoms with Crippen LogP contribution in [-0.4, -0.2) is 18.2 Å². The van der Waals surface area contributed by atoms with Gasteiger partial charge in [0, 0.05) is 32.3 Å². The standard InChI is InChI=1S/C22H17BrCl3NO4/c1-30-20-7-12(10-27-13-5-6-19(26)14(8-13)22(28)29)16(23)9-21(20)31-11-15-17(24)3-2-4-18(15)25/h2-9,27H,10-11H2,1H3,(H,28,29). The van der Waals surface area contributed by atoms with Crippen LogP contribution in [0.5, 0.6) is 11.5 Å². The number of hydrogen-bond donors (Lipinski definition) is 2. The smallest absolute Gasteiger partial charge is 0.337 e. The van der Waals surface area contributed by atoms with Crippen LogP contribution in [0.25, 0.3) is 0 Å². The topological polar surface area (TPSA) is 67.8 Å². The highest BCUT2D eigenvalue weighted by Crippen LogP contribution is 2.35. The molecule has 0 bridgehead atoms. The maximum Gasteiger partial charge on any atom is 0.337 e. The van der Waals surface area contributed by atoms with Crippen molar-refractivity contribution in [3.63, 3.8) is 0 Å². The molecule has 162 valence electrons. The Labute approximate surface area is 203 Å². The van der Waals surface area contributed by atoms with Gasteiger partial charge in [-0.05, 0) is 48.0 Å². The second kappa shape index (κ2) is 10.5. The zero-order valence-corrected chi connectivity index (χ0v) is 20.1. The fourth-order valence-corrected chi connectivity index (χ4v) is 3.97. The van der Waals surface area contributed by atoms with Gasteiger partial charge >= 0.3 is 5.97 Å². The summed E-state index contributed by atoms with van der Waals surface area (Å²) < 4.78 is 12.2. The highest BCUT2D eigenvalue weighted by molar-refractivity contribution is 9.10. The summed E-state index contributed by atoms with van der Waals surface area (Å²) in [5, 5.41) is 13.6. The number of aromatic carboxylic acids is 1. The van der Waals surface area contributed by atoms with Crippen LogP contribution in [-0.2, 0) is 13.2 Å². The Kier molecular flexibility index (Phi) is 7.94. The van der Waals surface area contributed by atoms with Gasteiger partial charge in [-0.3, -0.25) is 0 Å². The largest absolute Gasteiger partial charge is 0.493 e. The van der Waals surface area contributed by atoms with Crippen molar-refractivity contribution in [2.24, 2.45) is 0 Å². The van der Waals surface area contributed by atoms with Crippen molar-refractivity contribution in [3.05, 3.63) is 84.8 Å². The molecule has 0 amide bonds. The molecule has 2 N–H and O–H groups in total. The minimum Gasteiger partial charge on any atom is -0.493 e.